The predicted molar refractivity (Wildman–Crippen MR) is 73.3 cm³/mol. The lowest BCUT2D eigenvalue weighted by Crippen LogP contribution is -2.41. The maximum absolute atomic E-state index is 12.1. The molecule has 7 heteroatoms. The molecule has 108 valence electrons. The quantitative estimate of drug-likeness (QED) is 0.832. The molecule has 1 aliphatic heterocycles. The van der Waals surface area contributed by atoms with Gasteiger partial charge >= 0.3 is 0 Å². The Morgan fingerprint density at radius 2 is 2.32 bits per heavy atom. The van der Waals surface area contributed by atoms with Gasteiger partial charge in [0.2, 0.25) is 0 Å². The molecule has 2 atom stereocenters. The average Bonchev–Trinajstić information content (AvgIpc) is 2.70. The van der Waals surface area contributed by atoms with Crippen molar-refractivity contribution in [3.63, 3.8) is 0 Å². The van der Waals surface area contributed by atoms with E-state index in [1.807, 2.05) is 0 Å². The van der Waals surface area contributed by atoms with Gasteiger partial charge in [0, 0.05) is 19.8 Å². The van der Waals surface area contributed by atoms with Gasteiger partial charge in [0.25, 0.3) is 10.0 Å². The van der Waals surface area contributed by atoms with E-state index in [1.165, 1.54) is 0 Å². The largest absolute Gasteiger partial charge is 0.337 e. The minimum Gasteiger partial charge on any atom is -0.337 e. The number of sulfonamides is 1. The van der Waals surface area contributed by atoms with Crippen molar-refractivity contribution in [3.8, 4) is 0 Å². The van der Waals surface area contributed by atoms with Crippen molar-refractivity contribution in [1.82, 2.24) is 19.6 Å². The first-order valence-electron chi connectivity index (χ1n) is 6.60. The molecular formula is C12H22N4O2S. The van der Waals surface area contributed by atoms with Gasteiger partial charge in [-0.05, 0) is 38.3 Å². The third kappa shape index (κ3) is 3.34. The second kappa shape index (κ2) is 5.60. The van der Waals surface area contributed by atoms with Crippen LogP contribution < -0.4 is 10.0 Å². The molecule has 0 amide bonds. The van der Waals surface area contributed by atoms with E-state index in [2.05, 4.69) is 21.9 Å². The Kier molecular flexibility index (Phi) is 4.27. The monoisotopic (exact) mass is 286 g/mol. The van der Waals surface area contributed by atoms with Crippen molar-refractivity contribution in [3.05, 3.63) is 12.0 Å². The van der Waals surface area contributed by atoms with Gasteiger partial charge in [0.1, 0.15) is 5.82 Å². The summed E-state index contributed by atoms with van der Waals surface area (Å²) in [6, 6.07) is 0. The van der Waals surface area contributed by atoms with Crippen molar-refractivity contribution in [2.45, 2.75) is 25.3 Å². The fraction of sp³-hybridized carbons (Fsp3) is 0.750. The molecule has 0 radical (unpaired) electrons. The molecule has 1 aliphatic rings. The molecule has 1 aromatic rings. The Morgan fingerprint density at radius 1 is 1.58 bits per heavy atom. The lowest BCUT2D eigenvalue weighted by molar-refractivity contribution is 0.274. The lowest BCUT2D eigenvalue weighted by Gasteiger charge is -2.29. The third-order valence-electron chi connectivity index (χ3n) is 3.86. The Bertz CT molecular complexity index is 518. The fourth-order valence-corrected chi connectivity index (χ4v) is 3.45. The molecule has 0 bridgehead atoms. The Hall–Kier alpha value is -0.920. The van der Waals surface area contributed by atoms with E-state index >= 15 is 0 Å². The van der Waals surface area contributed by atoms with Crippen LogP contribution in [0, 0.1) is 18.8 Å². The van der Waals surface area contributed by atoms with Gasteiger partial charge in [-0.1, -0.05) is 6.92 Å². The molecule has 2 N–H and O–H groups in total. The highest BCUT2D eigenvalue weighted by molar-refractivity contribution is 7.89. The molecule has 1 saturated heterocycles. The van der Waals surface area contributed by atoms with E-state index < -0.39 is 10.0 Å². The lowest BCUT2D eigenvalue weighted by atomic mass is 9.88. The molecule has 2 rings (SSSR count). The zero-order chi connectivity index (χ0) is 14.0. The maximum atomic E-state index is 12.1. The molecule has 6 nitrogen and oxygen atoms in total. The molecule has 2 unspecified atom stereocenters. The van der Waals surface area contributed by atoms with Crippen LogP contribution in [0.1, 0.15) is 19.2 Å². The summed E-state index contributed by atoms with van der Waals surface area (Å²) < 4.78 is 28.7. The minimum atomic E-state index is -3.49. The van der Waals surface area contributed by atoms with Gasteiger partial charge < -0.3 is 9.88 Å². The number of rotatable bonds is 4. The molecule has 0 aromatic carbocycles. The zero-order valence-corrected chi connectivity index (χ0v) is 12.5. The van der Waals surface area contributed by atoms with Crippen LogP contribution in [0.4, 0.5) is 0 Å². The summed E-state index contributed by atoms with van der Waals surface area (Å²) in [5.41, 5.74) is 0. The maximum Gasteiger partial charge on any atom is 0.259 e. The van der Waals surface area contributed by atoms with Crippen LogP contribution in [0.15, 0.2) is 11.2 Å². The van der Waals surface area contributed by atoms with E-state index in [-0.39, 0.29) is 5.03 Å². The van der Waals surface area contributed by atoms with Gasteiger partial charge in [-0.3, -0.25) is 0 Å². The Morgan fingerprint density at radius 3 is 2.89 bits per heavy atom. The summed E-state index contributed by atoms with van der Waals surface area (Å²) in [7, 11) is -1.70. The second-order valence-electron chi connectivity index (χ2n) is 5.32. The number of aryl methyl sites for hydroxylation is 2. The number of piperidine rings is 1. The zero-order valence-electron chi connectivity index (χ0n) is 11.7. The van der Waals surface area contributed by atoms with Crippen LogP contribution in [-0.4, -0.2) is 37.6 Å². The van der Waals surface area contributed by atoms with Gasteiger partial charge in [-0.15, -0.1) is 0 Å². The molecule has 2 heterocycles. The summed E-state index contributed by atoms with van der Waals surface area (Å²) in [5.74, 6) is 1.57. The van der Waals surface area contributed by atoms with Crippen LogP contribution in [0.5, 0.6) is 0 Å². The van der Waals surface area contributed by atoms with Crippen LogP contribution in [-0.2, 0) is 17.1 Å². The first-order valence-corrected chi connectivity index (χ1v) is 8.09. The highest BCUT2D eigenvalue weighted by Gasteiger charge is 2.24. The fourth-order valence-electron chi connectivity index (χ4n) is 2.32. The Labute approximate surface area is 114 Å². The van der Waals surface area contributed by atoms with E-state index in [4.69, 9.17) is 0 Å². The minimum absolute atomic E-state index is 0.106. The van der Waals surface area contributed by atoms with Crippen LogP contribution >= 0.6 is 0 Å². The van der Waals surface area contributed by atoms with Crippen molar-refractivity contribution < 1.29 is 8.42 Å². The SMILES string of the molecule is Cc1nc(S(=O)(=O)NCC2CCNCC2C)cn1C. The normalized spacial score (nSPS) is 24.6. The van der Waals surface area contributed by atoms with Gasteiger partial charge in [-0.25, -0.2) is 18.1 Å². The molecular weight excluding hydrogens is 264 g/mol. The number of nitrogens with one attached hydrogen (secondary N) is 2. The van der Waals surface area contributed by atoms with Crippen molar-refractivity contribution in [1.29, 1.82) is 0 Å². The predicted octanol–water partition coefficient (Wildman–Crippen LogP) is 0.252. The molecule has 0 saturated carbocycles. The number of nitrogens with zero attached hydrogens (tertiary/aromatic N) is 2. The Balaban J connectivity index is 2.01. The van der Waals surface area contributed by atoms with E-state index in [9.17, 15) is 8.42 Å². The van der Waals surface area contributed by atoms with Crippen LogP contribution in [0.2, 0.25) is 0 Å². The van der Waals surface area contributed by atoms with Crippen LogP contribution in [0.3, 0.4) is 0 Å². The van der Waals surface area contributed by atoms with E-state index in [1.54, 1.807) is 24.7 Å². The van der Waals surface area contributed by atoms with Gasteiger partial charge in [0.05, 0.1) is 0 Å². The molecule has 1 aromatic heterocycles. The molecule has 1 fully saturated rings. The van der Waals surface area contributed by atoms with Crippen LogP contribution in [0.25, 0.3) is 0 Å². The summed E-state index contributed by atoms with van der Waals surface area (Å²) in [6.07, 6.45) is 2.55. The summed E-state index contributed by atoms with van der Waals surface area (Å²) in [5, 5.41) is 3.42. The van der Waals surface area contributed by atoms with Gasteiger partial charge in [0.15, 0.2) is 5.03 Å². The number of aromatic nitrogens is 2. The van der Waals surface area contributed by atoms with Gasteiger partial charge in [-0.2, -0.15) is 0 Å². The standard InChI is InChI=1S/C12H22N4O2S/c1-9-6-13-5-4-11(9)7-14-19(17,18)12-8-16(3)10(2)15-12/h8-9,11,13-14H,4-7H2,1-3H3. The third-order valence-corrected chi connectivity index (χ3v) is 5.15. The highest BCUT2D eigenvalue weighted by Crippen LogP contribution is 2.18. The van der Waals surface area contributed by atoms with Crippen molar-refractivity contribution in [2.75, 3.05) is 19.6 Å². The van der Waals surface area contributed by atoms with Crippen molar-refractivity contribution >= 4 is 10.0 Å². The number of imidazole rings is 1. The topological polar surface area (TPSA) is 76.0 Å². The highest BCUT2D eigenvalue weighted by atomic mass is 32.2. The second-order valence-corrected chi connectivity index (χ2v) is 7.03. The van der Waals surface area contributed by atoms with Crippen molar-refractivity contribution in [2.24, 2.45) is 18.9 Å². The number of hydrogen-bond acceptors (Lipinski definition) is 4. The number of hydrogen-bond donors (Lipinski definition) is 2. The molecule has 0 spiro atoms. The average molecular weight is 286 g/mol. The summed E-state index contributed by atoms with van der Waals surface area (Å²) in [6.45, 7) is 6.33. The summed E-state index contributed by atoms with van der Waals surface area (Å²) >= 11 is 0. The summed E-state index contributed by atoms with van der Waals surface area (Å²) in [4.78, 5) is 4.06. The molecule has 0 aliphatic carbocycles. The first kappa shape index (κ1) is 14.5. The first-order chi connectivity index (χ1) is 8.90. The van der Waals surface area contributed by atoms with E-state index in [0.717, 1.165) is 19.5 Å². The molecule has 19 heavy (non-hydrogen) atoms. The smallest absolute Gasteiger partial charge is 0.259 e. The van der Waals surface area contributed by atoms with E-state index in [0.29, 0.717) is 24.2 Å².